The molecule has 33 heavy (non-hydrogen) atoms. The highest BCUT2D eigenvalue weighted by molar-refractivity contribution is 6.05. The monoisotopic (exact) mass is 441 g/mol. The minimum Gasteiger partial charge on any atom is -0.497 e. The van der Waals surface area contributed by atoms with Crippen molar-refractivity contribution in [3.05, 3.63) is 90.6 Å². The number of carbonyl (C=O) groups is 1. The van der Waals surface area contributed by atoms with E-state index in [0.717, 1.165) is 0 Å². The highest BCUT2D eigenvalue weighted by Gasteiger charge is 2.12. The molecule has 7 nitrogen and oxygen atoms in total. The molecule has 0 radical (unpaired) electrons. The van der Waals surface area contributed by atoms with Gasteiger partial charge in [-0.05, 0) is 43.3 Å². The Kier molecular flexibility index (Phi) is 6.80. The molecule has 0 saturated heterocycles. The standard InChI is InChI=1S/C26H23N3O4/c1-3-32-23-13-5-4-12-22(23)28-26(30)19-9-6-8-18(16-19)25-27-15-14-24(29-25)33-21-11-7-10-20(17-21)31-2/h4-17H,3H2,1-2H3,(H,28,30). The normalized spacial score (nSPS) is 10.4. The quantitative estimate of drug-likeness (QED) is 0.383. The van der Waals surface area contributed by atoms with Crippen LogP contribution in [0.2, 0.25) is 0 Å². The van der Waals surface area contributed by atoms with Crippen LogP contribution in [0.4, 0.5) is 5.69 Å². The van der Waals surface area contributed by atoms with Gasteiger partial charge in [0.2, 0.25) is 5.88 Å². The number of benzene rings is 3. The number of carbonyl (C=O) groups excluding carboxylic acids is 1. The molecule has 0 fully saturated rings. The Balaban J connectivity index is 1.54. The Morgan fingerprint density at radius 2 is 1.76 bits per heavy atom. The molecule has 7 heteroatoms. The first-order valence-corrected chi connectivity index (χ1v) is 10.4. The molecule has 0 bridgehead atoms. The van der Waals surface area contributed by atoms with Crippen LogP contribution in [-0.4, -0.2) is 29.6 Å². The molecule has 1 amide bonds. The van der Waals surface area contributed by atoms with Crippen molar-refractivity contribution in [2.45, 2.75) is 6.92 Å². The van der Waals surface area contributed by atoms with E-state index in [4.69, 9.17) is 14.2 Å². The number of methoxy groups -OCH3 is 1. The van der Waals surface area contributed by atoms with Crippen LogP contribution in [0, 0.1) is 0 Å². The van der Waals surface area contributed by atoms with E-state index in [2.05, 4.69) is 15.3 Å². The van der Waals surface area contributed by atoms with Gasteiger partial charge in [0.05, 0.1) is 19.4 Å². The first kappa shape index (κ1) is 21.8. The second kappa shape index (κ2) is 10.3. The van der Waals surface area contributed by atoms with Gasteiger partial charge in [0.25, 0.3) is 5.91 Å². The van der Waals surface area contributed by atoms with Crippen LogP contribution in [0.25, 0.3) is 11.4 Å². The number of para-hydroxylation sites is 2. The number of hydrogen-bond acceptors (Lipinski definition) is 6. The van der Waals surface area contributed by atoms with E-state index in [0.29, 0.717) is 52.4 Å². The Hall–Kier alpha value is -4.39. The zero-order chi connectivity index (χ0) is 23.0. The number of ether oxygens (including phenoxy) is 3. The molecule has 4 aromatic rings. The number of nitrogens with zero attached hydrogens (tertiary/aromatic N) is 2. The van der Waals surface area contributed by atoms with Gasteiger partial charge in [0, 0.05) is 29.5 Å². The molecule has 166 valence electrons. The molecule has 0 spiro atoms. The summed E-state index contributed by atoms with van der Waals surface area (Å²) in [5.74, 6) is 2.48. The minimum atomic E-state index is -0.257. The highest BCUT2D eigenvalue weighted by Crippen LogP contribution is 2.27. The summed E-state index contributed by atoms with van der Waals surface area (Å²) >= 11 is 0. The number of anilines is 1. The lowest BCUT2D eigenvalue weighted by molar-refractivity contribution is 0.102. The first-order chi connectivity index (χ1) is 16.2. The zero-order valence-corrected chi connectivity index (χ0v) is 18.3. The second-order valence-corrected chi connectivity index (χ2v) is 6.96. The number of hydrogen-bond donors (Lipinski definition) is 1. The van der Waals surface area contributed by atoms with Crippen molar-refractivity contribution < 1.29 is 19.0 Å². The summed E-state index contributed by atoms with van der Waals surface area (Å²) in [5.41, 5.74) is 1.78. The average molecular weight is 441 g/mol. The Bertz CT molecular complexity index is 1260. The summed E-state index contributed by atoms with van der Waals surface area (Å²) in [7, 11) is 1.60. The summed E-state index contributed by atoms with van der Waals surface area (Å²) in [6.45, 7) is 2.40. The van der Waals surface area contributed by atoms with Crippen molar-refractivity contribution in [3.63, 3.8) is 0 Å². The van der Waals surface area contributed by atoms with Gasteiger partial charge >= 0.3 is 0 Å². The van der Waals surface area contributed by atoms with Gasteiger partial charge in [-0.2, -0.15) is 4.98 Å². The molecule has 4 rings (SSSR count). The molecule has 0 saturated carbocycles. The van der Waals surface area contributed by atoms with Gasteiger partial charge in [0.1, 0.15) is 17.2 Å². The van der Waals surface area contributed by atoms with Crippen molar-refractivity contribution in [1.29, 1.82) is 0 Å². The van der Waals surface area contributed by atoms with Crippen LogP contribution in [-0.2, 0) is 0 Å². The summed E-state index contributed by atoms with van der Waals surface area (Å²) in [4.78, 5) is 21.7. The zero-order valence-electron chi connectivity index (χ0n) is 18.3. The van der Waals surface area contributed by atoms with E-state index in [-0.39, 0.29) is 5.91 Å². The predicted octanol–water partition coefficient (Wildman–Crippen LogP) is 5.60. The maximum Gasteiger partial charge on any atom is 0.255 e. The lowest BCUT2D eigenvalue weighted by Gasteiger charge is -2.12. The van der Waals surface area contributed by atoms with E-state index >= 15 is 0 Å². The average Bonchev–Trinajstić information content (AvgIpc) is 2.86. The number of amides is 1. The third-order valence-corrected chi connectivity index (χ3v) is 4.71. The number of rotatable bonds is 8. The Morgan fingerprint density at radius 1 is 0.939 bits per heavy atom. The van der Waals surface area contributed by atoms with Crippen molar-refractivity contribution >= 4 is 11.6 Å². The van der Waals surface area contributed by atoms with E-state index in [1.807, 2.05) is 49.4 Å². The van der Waals surface area contributed by atoms with Gasteiger partial charge in [0.15, 0.2) is 5.82 Å². The third kappa shape index (κ3) is 5.46. The summed E-state index contributed by atoms with van der Waals surface area (Å²) in [5, 5.41) is 2.90. The Labute approximate surface area is 192 Å². The topological polar surface area (TPSA) is 82.6 Å². The molecular weight excluding hydrogens is 418 g/mol. The fourth-order valence-corrected chi connectivity index (χ4v) is 3.17. The maximum atomic E-state index is 12.9. The Morgan fingerprint density at radius 3 is 2.61 bits per heavy atom. The van der Waals surface area contributed by atoms with Gasteiger partial charge < -0.3 is 19.5 Å². The van der Waals surface area contributed by atoms with Gasteiger partial charge in [-0.15, -0.1) is 0 Å². The summed E-state index contributed by atoms with van der Waals surface area (Å²) < 4.78 is 16.7. The van der Waals surface area contributed by atoms with E-state index in [1.54, 1.807) is 49.7 Å². The molecule has 3 aromatic carbocycles. The lowest BCUT2D eigenvalue weighted by atomic mass is 10.1. The molecule has 0 unspecified atom stereocenters. The third-order valence-electron chi connectivity index (χ3n) is 4.71. The largest absolute Gasteiger partial charge is 0.497 e. The molecule has 1 N–H and O–H groups in total. The van der Waals surface area contributed by atoms with E-state index in [9.17, 15) is 4.79 Å². The second-order valence-electron chi connectivity index (χ2n) is 6.96. The van der Waals surface area contributed by atoms with Gasteiger partial charge in [-0.3, -0.25) is 4.79 Å². The summed E-state index contributed by atoms with van der Waals surface area (Å²) in [6, 6.07) is 23.4. The highest BCUT2D eigenvalue weighted by atomic mass is 16.5. The molecule has 1 heterocycles. The maximum absolute atomic E-state index is 12.9. The van der Waals surface area contributed by atoms with Crippen LogP contribution in [0.15, 0.2) is 85.1 Å². The van der Waals surface area contributed by atoms with Gasteiger partial charge in [-0.25, -0.2) is 4.98 Å². The van der Waals surface area contributed by atoms with Crippen LogP contribution in [0.3, 0.4) is 0 Å². The van der Waals surface area contributed by atoms with Crippen molar-refractivity contribution in [1.82, 2.24) is 9.97 Å². The number of nitrogens with one attached hydrogen (secondary N) is 1. The van der Waals surface area contributed by atoms with Crippen molar-refractivity contribution in [3.8, 4) is 34.5 Å². The first-order valence-electron chi connectivity index (χ1n) is 10.4. The van der Waals surface area contributed by atoms with Crippen molar-refractivity contribution in [2.24, 2.45) is 0 Å². The van der Waals surface area contributed by atoms with Crippen LogP contribution in [0.5, 0.6) is 23.1 Å². The van der Waals surface area contributed by atoms with Crippen LogP contribution in [0.1, 0.15) is 17.3 Å². The molecule has 0 aliphatic heterocycles. The molecule has 0 aliphatic carbocycles. The molecule has 0 atom stereocenters. The lowest BCUT2D eigenvalue weighted by Crippen LogP contribution is -2.13. The SMILES string of the molecule is CCOc1ccccc1NC(=O)c1cccc(-c2nccc(Oc3cccc(OC)c3)n2)c1. The van der Waals surface area contributed by atoms with E-state index in [1.165, 1.54) is 0 Å². The van der Waals surface area contributed by atoms with Crippen LogP contribution >= 0.6 is 0 Å². The molecular formula is C26H23N3O4. The molecule has 0 aliphatic rings. The van der Waals surface area contributed by atoms with E-state index < -0.39 is 0 Å². The van der Waals surface area contributed by atoms with Crippen LogP contribution < -0.4 is 19.5 Å². The molecule has 1 aromatic heterocycles. The van der Waals surface area contributed by atoms with Gasteiger partial charge in [-0.1, -0.05) is 30.3 Å². The summed E-state index contributed by atoms with van der Waals surface area (Å²) in [6.07, 6.45) is 1.61. The predicted molar refractivity (Wildman–Crippen MR) is 126 cm³/mol. The fraction of sp³-hybridized carbons (Fsp3) is 0.115. The fourth-order valence-electron chi connectivity index (χ4n) is 3.17. The number of aromatic nitrogens is 2. The van der Waals surface area contributed by atoms with Crippen molar-refractivity contribution in [2.75, 3.05) is 19.0 Å². The smallest absolute Gasteiger partial charge is 0.255 e. The minimum absolute atomic E-state index is 0.257.